The highest BCUT2D eigenvalue weighted by atomic mass is 79.9. The van der Waals surface area contributed by atoms with E-state index in [0.717, 1.165) is 4.57 Å². The molecule has 1 aromatic heterocycles. The fourth-order valence-corrected chi connectivity index (χ4v) is 2.27. The van der Waals surface area contributed by atoms with Crippen LogP contribution in [0.4, 0.5) is 0 Å². The van der Waals surface area contributed by atoms with Gasteiger partial charge in [-0.15, -0.1) is 0 Å². The SMILES string of the molecule is O=c1[nH]c(=O)n([C@@H]2O[C@H](CO)C(O)[C@@H]2O)cc1C=CBr. The first-order chi connectivity index (χ1) is 9.49. The van der Waals surface area contributed by atoms with Crippen molar-refractivity contribution in [3.63, 3.8) is 0 Å². The van der Waals surface area contributed by atoms with Crippen LogP contribution in [0.3, 0.4) is 0 Å². The van der Waals surface area contributed by atoms with E-state index >= 15 is 0 Å². The van der Waals surface area contributed by atoms with Crippen LogP contribution in [0.15, 0.2) is 20.8 Å². The lowest BCUT2D eigenvalue weighted by molar-refractivity contribution is -0.0550. The van der Waals surface area contributed by atoms with Gasteiger partial charge < -0.3 is 20.1 Å². The van der Waals surface area contributed by atoms with Crippen LogP contribution in [-0.2, 0) is 4.74 Å². The quantitative estimate of drug-likeness (QED) is 0.527. The van der Waals surface area contributed by atoms with Gasteiger partial charge in [0, 0.05) is 6.20 Å². The molecule has 1 aliphatic heterocycles. The zero-order valence-corrected chi connectivity index (χ0v) is 11.7. The van der Waals surface area contributed by atoms with Gasteiger partial charge in [-0.2, -0.15) is 0 Å². The summed E-state index contributed by atoms with van der Waals surface area (Å²) in [6, 6.07) is 0. The van der Waals surface area contributed by atoms with Crippen LogP contribution >= 0.6 is 15.9 Å². The first-order valence-corrected chi connectivity index (χ1v) is 6.66. The number of hydrogen-bond donors (Lipinski definition) is 4. The van der Waals surface area contributed by atoms with Crippen LogP contribution in [0, 0.1) is 0 Å². The molecule has 1 saturated heterocycles. The summed E-state index contributed by atoms with van der Waals surface area (Å²) in [7, 11) is 0. The summed E-state index contributed by atoms with van der Waals surface area (Å²) in [4.78, 5) is 26.8. The Morgan fingerprint density at radius 1 is 1.40 bits per heavy atom. The molecule has 4 atom stereocenters. The molecule has 9 heteroatoms. The van der Waals surface area contributed by atoms with E-state index in [2.05, 4.69) is 20.9 Å². The maximum atomic E-state index is 11.8. The lowest BCUT2D eigenvalue weighted by Gasteiger charge is -2.17. The van der Waals surface area contributed by atoms with Crippen LogP contribution < -0.4 is 11.2 Å². The second-order valence-electron chi connectivity index (χ2n) is 4.27. The van der Waals surface area contributed by atoms with Crippen molar-refractivity contribution in [2.24, 2.45) is 0 Å². The third-order valence-corrected chi connectivity index (χ3v) is 3.29. The minimum Gasteiger partial charge on any atom is -0.394 e. The predicted molar refractivity (Wildman–Crippen MR) is 72.3 cm³/mol. The minimum atomic E-state index is -1.39. The molecule has 0 spiro atoms. The third kappa shape index (κ3) is 2.63. The summed E-state index contributed by atoms with van der Waals surface area (Å²) in [6.07, 6.45) is -2.27. The smallest absolute Gasteiger partial charge is 0.330 e. The first kappa shape index (κ1) is 15.1. The number of rotatable bonds is 3. The van der Waals surface area contributed by atoms with E-state index in [0.29, 0.717) is 0 Å². The van der Waals surface area contributed by atoms with Crippen molar-refractivity contribution in [3.8, 4) is 0 Å². The van der Waals surface area contributed by atoms with Crippen LogP contribution in [0.1, 0.15) is 11.8 Å². The summed E-state index contributed by atoms with van der Waals surface area (Å²) >= 11 is 3.01. The molecule has 2 heterocycles. The van der Waals surface area contributed by atoms with Gasteiger partial charge in [-0.25, -0.2) is 4.79 Å². The number of halogens is 1. The first-order valence-electron chi connectivity index (χ1n) is 5.74. The molecule has 1 fully saturated rings. The number of aliphatic hydroxyl groups excluding tert-OH is 3. The Morgan fingerprint density at radius 2 is 2.10 bits per heavy atom. The van der Waals surface area contributed by atoms with E-state index in [1.54, 1.807) is 0 Å². The van der Waals surface area contributed by atoms with Crippen molar-refractivity contribution in [2.75, 3.05) is 6.61 Å². The lowest BCUT2D eigenvalue weighted by atomic mass is 10.1. The van der Waals surface area contributed by atoms with Crippen molar-refractivity contribution in [1.29, 1.82) is 0 Å². The van der Waals surface area contributed by atoms with Gasteiger partial charge in [-0.3, -0.25) is 14.3 Å². The van der Waals surface area contributed by atoms with E-state index in [-0.39, 0.29) is 5.56 Å². The molecule has 20 heavy (non-hydrogen) atoms. The molecule has 0 bridgehead atoms. The monoisotopic (exact) mass is 348 g/mol. The lowest BCUT2D eigenvalue weighted by Crippen LogP contribution is -2.38. The highest BCUT2D eigenvalue weighted by molar-refractivity contribution is 9.11. The van der Waals surface area contributed by atoms with Gasteiger partial charge in [0.15, 0.2) is 6.23 Å². The fourth-order valence-electron chi connectivity index (χ4n) is 1.99. The van der Waals surface area contributed by atoms with Gasteiger partial charge in [0.1, 0.15) is 18.3 Å². The molecule has 0 saturated carbocycles. The standard InChI is InChI=1S/C11H13BrN2O6/c12-2-1-5-3-14(11(19)13-9(5)18)10-8(17)7(16)6(4-15)20-10/h1-3,6-8,10,15-17H,4H2,(H,13,18,19)/t6-,7?,8+,10-/m1/s1. The van der Waals surface area contributed by atoms with Crippen molar-refractivity contribution in [3.05, 3.63) is 37.6 Å². The Balaban J connectivity index is 2.46. The number of ether oxygens (including phenoxy) is 1. The van der Waals surface area contributed by atoms with Crippen molar-refractivity contribution in [1.82, 2.24) is 9.55 Å². The van der Waals surface area contributed by atoms with E-state index in [1.807, 2.05) is 0 Å². The molecular formula is C11H13BrN2O6. The number of H-pyrrole nitrogens is 1. The van der Waals surface area contributed by atoms with Crippen LogP contribution in [0.5, 0.6) is 0 Å². The third-order valence-electron chi connectivity index (χ3n) is 3.03. The van der Waals surface area contributed by atoms with E-state index in [9.17, 15) is 19.8 Å². The topological polar surface area (TPSA) is 125 Å². The molecule has 0 amide bonds. The van der Waals surface area contributed by atoms with E-state index in [1.165, 1.54) is 17.3 Å². The molecule has 1 aromatic rings. The van der Waals surface area contributed by atoms with Gasteiger partial charge in [0.05, 0.1) is 12.2 Å². The van der Waals surface area contributed by atoms with Gasteiger partial charge >= 0.3 is 5.69 Å². The number of aromatic amines is 1. The number of nitrogens with zero attached hydrogens (tertiary/aromatic N) is 1. The van der Waals surface area contributed by atoms with Gasteiger partial charge in [0.2, 0.25) is 0 Å². The summed E-state index contributed by atoms with van der Waals surface area (Å²) in [5.41, 5.74) is -1.20. The fraction of sp³-hybridized carbons (Fsp3) is 0.455. The Hall–Kier alpha value is -1.26. The zero-order chi connectivity index (χ0) is 14.9. The molecule has 0 radical (unpaired) electrons. The van der Waals surface area contributed by atoms with Gasteiger partial charge in [0.25, 0.3) is 5.56 Å². The number of hydrogen-bond acceptors (Lipinski definition) is 6. The minimum absolute atomic E-state index is 0.166. The summed E-state index contributed by atoms with van der Waals surface area (Å²) < 4.78 is 6.20. The second kappa shape index (κ2) is 6.02. The Morgan fingerprint density at radius 3 is 2.65 bits per heavy atom. The zero-order valence-electron chi connectivity index (χ0n) is 10.1. The van der Waals surface area contributed by atoms with Gasteiger partial charge in [-0.1, -0.05) is 15.9 Å². The maximum absolute atomic E-state index is 11.8. The van der Waals surface area contributed by atoms with E-state index < -0.39 is 42.4 Å². The maximum Gasteiger partial charge on any atom is 0.330 e. The average Bonchev–Trinajstić information content (AvgIpc) is 2.70. The van der Waals surface area contributed by atoms with Gasteiger partial charge in [-0.05, 0) is 11.1 Å². The molecule has 1 aliphatic rings. The largest absolute Gasteiger partial charge is 0.394 e. The number of nitrogens with one attached hydrogen (secondary N) is 1. The molecule has 8 nitrogen and oxygen atoms in total. The van der Waals surface area contributed by atoms with Crippen LogP contribution in [0.25, 0.3) is 6.08 Å². The molecule has 0 aromatic carbocycles. The predicted octanol–water partition coefficient (Wildman–Crippen LogP) is -1.49. The molecular weight excluding hydrogens is 336 g/mol. The molecule has 1 unspecified atom stereocenters. The summed E-state index contributed by atoms with van der Waals surface area (Å²) in [6.45, 7) is -0.499. The van der Waals surface area contributed by atoms with Crippen LogP contribution in [-0.4, -0.2) is 49.8 Å². The van der Waals surface area contributed by atoms with Crippen molar-refractivity contribution >= 4 is 22.0 Å². The molecule has 2 rings (SSSR count). The Kier molecular flexibility index (Phi) is 4.55. The van der Waals surface area contributed by atoms with E-state index in [4.69, 9.17) is 9.84 Å². The second-order valence-corrected chi connectivity index (χ2v) is 4.80. The Labute approximate surface area is 121 Å². The number of aromatic nitrogens is 2. The average molecular weight is 349 g/mol. The summed E-state index contributed by atoms with van der Waals surface area (Å²) in [5.74, 6) is 0. The highest BCUT2D eigenvalue weighted by Crippen LogP contribution is 2.27. The van der Waals surface area contributed by atoms with Crippen LogP contribution in [0.2, 0.25) is 0 Å². The Bertz CT molecular complexity index is 624. The summed E-state index contributed by atoms with van der Waals surface area (Å²) in [5, 5.41) is 28.5. The molecule has 110 valence electrons. The highest BCUT2D eigenvalue weighted by Gasteiger charge is 2.43. The normalized spacial score (nSPS) is 30.2. The molecule has 0 aliphatic carbocycles. The van der Waals surface area contributed by atoms with Crippen molar-refractivity contribution < 1.29 is 20.1 Å². The number of aliphatic hydroxyl groups is 3. The van der Waals surface area contributed by atoms with Crippen molar-refractivity contribution in [2.45, 2.75) is 24.5 Å². The molecule has 4 N–H and O–H groups in total.